The van der Waals surface area contributed by atoms with Gasteiger partial charge in [0.25, 0.3) is 0 Å². The van der Waals surface area contributed by atoms with E-state index in [0.717, 1.165) is 13.8 Å². The minimum atomic E-state index is -7.83. The molecule has 0 unspecified atom stereocenters. The van der Waals surface area contributed by atoms with Gasteiger partial charge in [-0.3, -0.25) is 0 Å². The van der Waals surface area contributed by atoms with Crippen LogP contribution in [0.2, 0.25) is 0 Å². The van der Waals surface area contributed by atoms with E-state index in [1.807, 2.05) is 0 Å². The van der Waals surface area contributed by atoms with Crippen molar-refractivity contribution >= 4 is 18.1 Å². The summed E-state index contributed by atoms with van der Waals surface area (Å²) in [4.78, 5) is 0. The van der Waals surface area contributed by atoms with Gasteiger partial charge < -0.3 is 0 Å². The molecule has 0 bridgehead atoms. The molecule has 0 aromatic heterocycles. The first-order chi connectivity index (χ1) is 7.67. The number of hydrogen-bond acceptors (Lipinski definition) is 2. The van der Waals surface area contributed by atoms with Gasteiger partial charge in [0.15, 0.2) is 0 Å². The quantitative estimate of drug-likeness (QED) is 0.408. The summed E-state index contributed by atoms with van der Waals surface area (Å²) in [5.41, 5.74) is 0. The SMILES string of the molecule is CCN(CC)P(F)(F)(Cl)N(C(F)(F)F)C(F)(F)F. The van der Waals surface area contributed by atoms with Crippen LogP contribution in [-0.2, 0) is 0 Å². The van der Waals surface area contributed by atoms with Crippen LogP contribution in [0.3, 0.4) is 0 Å². The summed E-state index contributed by atoms with van der Waals surface area (Å²) < 4.78 is 97.8. The maximum atomic E-state index is 13.7. The summed E-state index contributed by atoms with van der Waals surface area (Å²) in [5.74, 6) is 0. The molecular weight excluding hydrogens is 318 g/mol. The maximum absolute atomic E-state index is 13.7. The van der Waals surface area contributed by atoms with Gasteiger partial charge in [-0.15, -0.1) is 0 Å². The zero-order valence-corrected chi connectivity index (χ0v) is 10.8. The summed E-state index contributed by atoms with van der Waals surface area (Å²) in [6, 6.07) is 0. The number of halogens is 9. The predicted octanol–water partition coefficient (Wildman–Crippen LogP) is 4.98. The fourth-order valence-electron chi connectivity index (χ4n) is 1.30. The van der Waals surface area contributed by atoms with Crippen LogP contribution in [0, 0.1) is 0 Å². The van der Waals surface area contributed by atoms with Crippen molar-refractivity contribution in [3.8, 4) is 0 Å². The van der Waals surface area contributed by atoms with Crippen molar-refractivity contribution in [1.82, 2.24) is 9.34 Å². The van der Waals surface area contributed by atoms with Gasteiger partial charge in [0.1, 0.15) is 0 Å². The van der Waals surface area contributed by atoms with Gasteiger partial charge in [0, 0.05) is 0 Å². The van der Waals surface area contributed by atoms with Gasteiger partial charge in [-0.25, -0.2) is 0 Å². The molecule has 0 aliphatic rings. The third-order valence-electron chi connectivity index (χ3n) is 1.97. The summed E-state index contributed by atoms with van der Waals surface area (Å²) in [7, 11) is 0. The standard InChI is InChI=1S/C6H10ClF8N2P/c1-3-16(4-2)18(7,14,15)17(5(8,9)10)6(11,12)13/h3-4H2,1-2H3. The van der Waals surface area contributed by atoms with Gasteiger partial charge in [0.05, 0.1) is 0 Å². The topological polar surface area (TPSA) is 6.48 Å². The first-order valence-corrected chi connectivity index (χ1v) is 7.36. The molecular formula is C6H10ClF8N2P. The van der Waals surface area contributed by atoms with Crippen molar-refractivity contribution in [1.29, 1.82) is 0 Å². The average Bonchev–Trinajstić information content (AvgIpc) is 1.95. The van der Waals surface area contributed by atoms with Crippen LogP contribution in [0.4, 0.5) is 34.7 Å². The van der Waals surface area contributed by atoms with Crippen molar-refractivity contribution in [3.63, 3.8) is 0 Å². The van der Waals surface area contributed by atoms with E-state index in [-0.39, 0.29) is 4.67 Å². The van der Waals surface area contributed by atoms with Gasteiger partial charge in [-0.1, -0.05) is 0 Å². The molecule has 0 N–H and O–H groups in total. The number of hydrogen-bond donors (Lipinski definition) is 0. The van der Waals surface area contributed by atoms with Crippen LogP contribution in [0.5, 0.6) is 0 Å². The van der Waals surface area contributed by atoms with Crippen LogP contribution in [-0.4, -0.2) is 35.0 Å². The minimum absolute atomic E-state index is 0.325. The van der Waals surface area contributed by atoms with Crippen molar-refractivity contribution in [2.45, 2.75) is 26.4 Å². The van der Waals surface area contributed by atoms with Gasteiger partial charge in [0.2, 0.25) is 0 Å². The van der Waals surface area contributed by atoms with Crippen molar-refractivity contribution in [2.75, 3.05) is 13.1 Å². The molecule has 0 aliphatic carbocycles. The second kappa shape index (κ2) is 4.88. The van der Waals surface area contributed by atoms with E-state index in [1.165, 1.54) is 0 Å². The summed E-state index contributed by atoms with van der Waals surface area (Å²) in [6.45, 7) is -7.38. The van der Waals surface area contributed by atoms with E-state index in [4.69, 9.17) is 0 Å². The molecule has 0 rings (SSSR count). The summed E-state index contributed by atoms with van der Waals surface area (Å²) >= 11 is 4.50. The number of rotatable bonds is 4. The first kappa shape index (κ1) is 18.1. The zero-order chi connectivity index (χ0) is 15.0. The van der Waals surface area contributed by atoms with E-state index >= 15 is 0 Å². The molecule has 0 amide bonds. The molecule has 2 nitrogen and oxygen atoms in total. The van der Waals surface area contributed by atoms with Crippen molar-refractivity contribution < 1.29 is 34.7 Å². The molecule has 0 saturated heterocycles. The Bertz CT molecular complexity index is 277. The normalized spacial score (nSPS) is 17.1. The van der Waals surface area contributed by atoms with E-state index in [0.29, 0.717) is 0 Å². The van der Waals surface area contributed by atoms with Gasteiger partial charge in [-0.2, -0.15) is 0 Å². The molecule has 0 spiro atoms. The van der Waals surface area contributed by atoms with E-state index in [9.17, 15) is 34.7 Å². The second-order valence-electron chi connectivity index (χ2n) is 3.12. The molecule has 112 valence electrons. The van der Waals surface area contributed by atoms with Crippen LogP contribution in [0.25, 0.3) is 0 Å². The third kappa shape index (κ3) is 3.55. The fraction of sp³-hybridized carbons (Fsp3) is 1.00. The van der Waals surface area contributed by atoms with Crippen LogP contribution in [0.1, 0.15) is 13.8 Å². The van der Waals surface area contributed by atoms with E-state index < -0.39 is 37.2 Å². The average molecular weight is 329 g/mol. The Morgan fingerprint density at radius 1 is 0.889 bits per heavy atom. The molecule has 0 radical (unpaired) electrons. The Kier molecular flexibility index (Phi) is 4.90. The van der Waals surface area contributed by atoms with Crippen LogP contribution < -0.4 is 0 Å². The molecule has 0 heterocycles. The summed E-state index contributed by atoms with van der Waals surface area (Å²) in [5, 5.41) is 0. The summed E-state index contributed by atoms with van der Waals surface area (Å²) in [6.07, 6.45) is -12.7. The Hall–Kier alpha value is 0.0800. The molecule has 0 atom stereocenters. The van der Waals surface area contributed by atoms with Crippen LogP contribution in [0.15, 0.2) is 0 Å². The Morgan fingerprint density at radius 3 is 1.33 bits per heavy atom. The van der Waals surface area contributed by atoms with Gasteiger partial charge in [-0.05, 0) is 0 Å². The molecule has 0 saturated carbocycles. The Morgan fingerprint density at radius 2 is 1.17 bits per heavy atom. The van der Waals surface area contributed by atoms with Gasteiger partial charge >= 0.3 is 102 Å². The molecule has 18 heavy (non-hydrogen) atoms. The second-order valence-corrected chi connectivity index (χ2v) is 7.23. The first-order valence-electron chi connectivity index (χ1n) is 4.53. The zero-order valence-electron chi connectivity index (χ0n) is 9.16. The fourth-order valence-corrected chi connectivity index (χ4v) is 4.32. The molecule has 0 aromatic rings. The molecule has 0 aliphatic heterocycles. The third-order valence-corrected chi connectivity index (χ3v) is 5.61. The number of alkyl halides is 6. The Balaban J connectivity index is 5.89. The Labute approximate surface area is 103 Å². The molecule has 0 aromatic carbocycles. The predicted molar refractivity (Wildman–Crippen MR) is 51.9 cm³/mol. The van der Waals surface area contributed by atoms with Crippen LogP contribution >= 0.6 is 18.1 Å². The van der Waals surface area contributed by atoms with E-state index in [2.05, 4.69) is 11.2 Å². The molecule has 0 fully saturated rings. The van der Waals surface area contributed by atoms with Crippen molar-refractivity contribution in [3.05, 3.63) is 0 Å². The molecule has 12 heteroatoms. The van der Waals surface area contributed by atoms with Crippen molar-refractivity contribution in [2.24, 2.45) is 0 Å². The van der Waals surface area contributed by atoms with E-state index in [1.54, 1.807) is 0 Å². The number of nitrogens with zero attached hydrogens (tertiary/aromatic N) is 2. The monoisotopic (exact) mass is 328 g/mol.